The minimum Gasteiger partial charge on any atom is -0.456 e. The van der Waals surface area contributed by atoms with Crippen molar-refractivity contribution in [3.63, 3.8) is 0 Å². The van der Waals surface area contributed by atoms with E-state index in [0.29, 0.717) is 17.8 Å². The van der Waals surface area contributed by atoms with Crippen molar-refractivity contribution in [2.75, 3.05) is 0 Å². The summed E-state index contributed by atoms with van der Waals surface area (Å²) in [5, 5.41) is 14.2. The number of aryl methyl sites for hydroxylation is 8. The molecule has 9 heterocycles. The molecule has 0 spiro atoms. The number of benzene rings is 14. The molecule has 0 N–H and O–H groups in total. The molecule has 23 rings (SSSR count). The van der Waals surface area contributed by atoms with Crippen molar-refractivity contribution in [3.8, 4) is 84.7 Å². The van der Waals surface area contributed by atoms with Gasteiger partial charge in [-0.25, -0.2) is 4.99 Å². The van der Waals surface area contributed by atoms with Gasteiger partial charge in [-0.2, -0.15) is 33.9 Å². The Hall–Kier alpha value is -12.6. The molecule has 7 aromatic heterocycles. The van der Waals surface area contributed by atoms with Gasteiger partial charge in [0.2, 0.25) is 11.4 Å². The molecule has 0 saturated carbocycles. The number of fused-ring (bicyclic) bond motifs is 15. The molecule has 5 radical (unpaired) electrons. The van der Waals surface area contributed by atoms with Gasteiger partial charge in [-0.05, 0) is 192 Å². The van der Waals surface area contributed by atoms with Gasteiger partial charge in [-0.1, -0.05) is 293 Å². The molecule has 0 aliphatic carbocycles. The molecule has 146 heavy (non-hydrogen) atoms. The third-order valence-corrected chi connectivity index (χ3v) is 26.6. The average Bonchev–Trinajstić information content (AvgIpc) is 1.61. The summed E-state index contributed by atoms with van der Waals surface area (Å²) >= 11 is 0. The molecule has 1 unspecified atom stereocenters. The molecule has 2 aliphatic heterocycles. The van der Waals surface area contributed by atoms with E-state index < -0.39 is 0 Å². The van der Waals surface area contributed by atoms with Crippen LogP contribution >= 0.6 is 0 Å². The fourth-order valence-electron chi connectivity index (χ4n) is 20.4. The first-order valence-corrected chi connectivity index (χ1v) is 48.1. The standard InChI is InChI=1S/C32H27N2.C30H23N2O.C23H18N2.C21H23N2.C20H23N4.2CH4.5Ir/c1-20(2)23-16-17-25(22(4)18-23)30-19-33-32-28-14-9-13-26(24-11-6-5-10-21(24)3)31(28)27-12-7-8-15-29(27)34(30)32;1-20-17-22(19-24-11-8-13-26-25-12-6-7-14-27(25)33-29(24)26)18-21(2)28(20)32-16-15-31-30(32)23-9-4-3-5-10-23;1-15-8-7-9-16(2)22(15)21-14-24-23-19-12-4-3-10-17(19)18-11-5-6-13-20(18)25(21)23;1-15(2)18-11-8-12-19(16(3)4)20(18)23-14-13-22-21(23)17-9-6-5-7-10-17;1-14-9-16(11-20(3,4)5)10-15(2)18(14)24-13-22-23-19(24)17-7-6-8-21-12-17;;;;;;;/h5-13,15-20H,1-4H3;3-9,11-18H,19H2,1-2H3;3-11,13-14,23H,1-2H3;5-9,11-16H,1-4H3;6,8-10,12-13H,11H2,1-5H3;2*1H4;;;;;/q2*-1;;2*-1;;;;;;;. The molecule has 2 aliphatic rings. The maximum absolute atomic E-state index is 6.25. The zero-order valence-electron chi connectivity index (χ0n) is 83.9. The number of pyridine rings is 2. The van der Waals surface area contributed by atoms with E-state index in [1.54, 1.807) is 24.8 Å². The van der Waals surface area contributed by atoms with Gasteiger partial charge in [0.25, 0.3) is 6.17 Å². The van der Waals surface area contributed by atoms with Crippen molar-refractivity contribution in [3.05, 3.63) is 448 Å². The smallest absolute Gasteiger partial charge is 0.256 e. The van der Waals surface area contributed by atoms with E-state index in [0.717, 1.165) is 86.1 Å². The third kappa shape index (κ3) is 22.9. The molecule has 14 aromatic carbocycles. The number of imidazole rings is 3. The molecular weight excluding hydrogens is 2680 g/mol. The van der Waals surface area contributed by atoms with Crippen LogP contribution in [-0.2, 0) is 113 Å². The van der Waals surface area contributed by atoms with Gasteiger partial charge >= 0.3 is 0 Å². The fraction of sp³-hybridized carbons (Fsp3) is 0.203. The van der Waals surface area contributed by atoms with Gasteiger partial charge in [-0.3, -0.25) is 15.0 Å². The molecule has 0 fully saturated rings. The monoisotopic (exact) mass is 2810 g/mol. The maximum atomic E-state index is 6.25. The minimum atomic E-state index is -0.0277. The molecule has 18 heteroatoms. The Morgan fingerprint density at radius 2 is 0.986 bits per heavy atom. The summed E-state index contributed by atoms with van der Waals surface area (Å²) in [6.07, 6.45) is 18.9. The van der Waals surface area contributed by atoms with Gasteiger partial charge in [-0.15, -0.1) is 113 Å². The van der Waals surface area contributed by atoms with E-state index in [1.807, 2.05) is 102 Å². The quantitative estimate of drug-likeness (QED) is 0.0568. The van der Waals surface area contributed by atoms with Gasteiger partial charge < -0.3 is 27.5 Å². The first kappa shape index (κ1) is 112. The van der Waals surface area contributed by atoms with Gasteiger partial charge in [0.1, 0.15) is 23.7 Å². The second-order valence-electron chi connectivity index (χ2n) is 38.7. The number of hydrogen-bond donors (Lipinski definition) is 0. The van der Waals surface area contributed by atoms with E-state index >= 15 is 0 Å². The Bertz CT molecular complexity index is 8130. The minimum absolute atomic E-state index is 0. The number of para-hydroxylation sites is 5. The molecule has 0 amide bonds. The Morgan fingerprint density at radius 1 is 0.425 bits per heavy atom. The summed E-state index contributed by atoms with van der Waals surface area (Å²) < 4.78 is 17.3. The Labute approximate surface area is 928 Å². The van der Waals surface area contributed by atoms with Crippen LogP contribution in [0.15, 0.2) is 338 Å². The van der Waals surface area contributed by atoms with Crippen LogP contribution in [0.3, 0.4) is 0 Å². The average molecular weight is 2810 g/mol. The summed E-state index contributed by atoms with van der Waals surface area (Å²) in [5.74, 6) is 4.03. The number of hydrogen-bond acceptors (Lipinski definition) is 8. The largest absolute Gasteiger partial charge is 0.456 e. The van der Waals surface area contributed by atoms with Gasteiger partial charge in [0.05, 0.1) is 34.4 Å². The fourth-order valence-corrected chi connectivity index (χ4v) is 20.4. The SMILES string of the molecule is C.C.CC(C)c1cccc(C(C)C)c1-n1ccnc1-c1[c-]cccc1.Cc1cc(CC(C)(C)C)cc(C)c1-n1cnnc1-c1[c-]ccnc1.Cc1cc(Cc2cccc3c2oc2ccccc23)cc(C)c1-n1ccnc1-c1[c-]cccc1.Cc1cccc(C)c1C1=[N+]2c3ccccc3-c3ccc[c-]c3C2N=C1.Cc1ccccc1-c1cc[c-]c2c1c1ccccc1n1c(-c3ccc(C(C)C)cc3C)cnc21.[Ir].[Ir].[Ir].[Ir].[Ir]. The summed E-state index contributed by atoms with van der Waals surface area (Å²) in [6.45, 7) is 37.6. The first-order valence-electron chi connectivity index (χ1n) is 48.1. The molecule has 13 nitrogen and oxygen atoms in total. The van der Waals surface area contributed by atoms with Crippen LogP contribution in [0.4, 0.5) is 5.69 Å². The zero-order chi connectivity index (χ0) is 96.4. The van der Waals surface area contributed by atoms with Crippen molar-refractivity contribution in [1.29, 1.82) is 0 Å². The second kappa shape index (κ2) is 48.8. The van der Waals surface area contributed by atoms with Crippen LogP contribution in [0, 0.1) is 91.1 Å². The summed E-state index contributed by atoms with van der Waals surface area (Å²) in [6, 6.07) is 114. The molecular formula is C128H122Ir5N12O-4. The summed E-state index contributed by atoms with van der Waals surface area (Å²) in [7, 11) is 0. The van der Waals surface area contributed by atoms with Crippen molar-refractivity contribution >= 4 is 66.9 Å². The molecule has 749 valence electrons. The Balaban J connectivity index is 0.000000162. The van der Waals surface area contributed by atoms with E-state index in [1.165, 1.54) is 161 Å². The number of rotatable bonds is 15. The maximum Gasteiger partial charge on any atom is 0.256 e. The molecule has 0 bridgehead atoms. The van der Waals surface area contributed by atoms with Gasteiger partial charge in [0, 0.05) is 183 Å². The zero-order valence-corrected chi connectivity index (χ0v) is 95.9. The van der Waals surface area contributed by atoms with Crippen LogP contribution in [0.25, 0.3) is 134 Å². The normalized spacial score (nSPS) is 12.0. The van der Waals surface area contributed by atoms with E-state index in [9.17, 15) is 0 Å². The Kier molecular flexibility index (Phi) is 37.5. The van der Waals surface area contributed by atoms with Crippen LogP contribution < -0.4 is 0 Å². The van der Waals surface area contributed by atoms with E-state index in [-0.39, 0.29) is 127 Å². The van der Waals surface area contributed by atoms with Crippen LogP contribution in [0.2, 0.25) is 0 Å². The molecule has 1 atom stereocenters. The van der Waals surface area contributed by atoms with Crippen LogP contribution in [0.1, 0.15) is 190 Å². The topological polar surface area (TPSA) is 125 Å². The van der Waals surface area contributed by atoms with E-state index in [4.69, 9.17) is 14.4 Å². The van der Waals surface area contributed by atoms with Crippen LogP contribution in [0.5, 0.6) is 0 Å². The summed E-state index contributed by atoms with van der Waals surface area (Å²) in [4.78, 5) is 23.2. The van der Waals surface area contributed by atoms with Crippen molar-refractivity contribution in [2.45, 2.75) is 169 Å². The number of aromatic nitrogens is 10. The first-order chi connectivity index (χ1) is 67.4. The Morgan fingerprint density at radius 3 is 1.61 bits per heavy atom. The van der Waals surface area contributed by atoms with Crippen molar-refractivity contribution < 1.29 is 110 Å². The van der Waals surface area contributed by atoms with Crippen molar-refractivity contribution in [1.82, 2.24) is 48.2 Å². The summed E-state index contributed by atoms with van der Waals surface area (Å²) in [5.41, 5.74) is 40.7. The third-order valence-electron chi connectivity index (χ3n) is 26.6. The molecule has 21 aromatic rings. The van der Waals surface area contributed by atoms with Gasteiger partial charge in [0.15, 0.2) is 0 Å². The number of furan rings is 1. The van der Waals surface area contributed by atoms with Crippen molar-refractivity contribution in [2.24, 2.45) is 10.4 Å². The van der Waals surface area contributed by atoms with Crippen LogP contribution in [-0.4, -0.2) is 64.7 Å². The van der Waals surface area contributed by atoms with E-state index in [2.05, 4.69) is 404 Å². The predicted molar refractivity (Wildman–Crippen MR) is 585 cm³/mol. The second-order valence-corrected chi connectivity index (χ2v) is 38.7. The predicted octanol–water partition coefficient (Wildman–Crippen LogP) is 32.1. The molecule has 0 saturated heterocycles. The number of aliphatic imine (C=N–C) groups is 1. The number of nitrogens with zero attached hydrogens (tertiary/aromatic N) is 12.